The minimum absolute atomic E-state index is 0.164. The summed E-state index contributed by atoms with van der Waals surface area (Å²) in [6, 6.07) is 14.4. The molecule has 4 rings (SSSR count). The molecule has 0 saturated heterocycles. The third kappa shape index (κ3) is 2.74. The van der Waals surface area contributed by atoms with E-state index in [9.17, 15) is 14.7 Å². The van der Waals surface area contributed by atoms with Crippen molar-refractivity contribution < 1.29 is 14.6 Å². The second kappa shape index (κ2) is 6.03. The van der Waals surface area contributed by atoms with Crippen LogP contribution in [0, 0.1) is 0 Å². The van der Waals surface area contributed by atoms with Gasteiger partial charge >= 0.3 is 0 Å². The van der Waals surface area contributed by atoms with Crippen molar-refractivity contribution in [2.24, 2.45) is 0 Å². The standard InChI is InChI=1S/C18H12N2O4S/c21-16(22)10-24-14-8-4-1-5-11(14)9-15-17(23)20-13-7-3-2-6-12(13)19-18(20)25-15/h1-9H,10H2,(H,21,22)/p-1. The number of para-hydroxylation sites is 3. The van der Waals surface area contributed by atoms with Crippen molar-refractivity contribution in [3.63, 3.8) is 0 Å². The van der Waals surface area contributed by atoms with Gasteiger partial charge in [-0.1, -0.05) is 41.7 Å². The molecule has 0 N–H and O–H groups in total. The van der Waals surface area contributed by atoms with Crippen LogP contribution in [0.15, 0.2) is 53.3 Å². The fraction of sp³-hybridized carbons (Fsp3) is 0.0556. The summed E-state index contributed by atoms with van der Waals surface area (Å²) in [4.78, 5) is 28.4. The maximum Gasteiger partial charge on any atom is 0.274 e. The van der Waals surface area contributed by atoms with Gasteiger partial charge in [0.05, 0.1) is 21.5 Å². The van der Waals surface area contributed by atoms with Gasteiger partial charge in [-0.3, -0.25) is 4.79 Å². The molecule has 2 aromatic carbocycles. The third-order valence-corrected chi connectivity index (χ3v) is 4.67. The van der Waals surface area contributed by atoms with Gasteiger partial charge in [-0.05, 0) is 24.3 Å². The van der Waals surface area contributed by atoms with E-state index in [1.165, 1.54) is 11.3 Å². The molecular formula is C18H11N2O4S-. The minimum atomic E-state index is -1.31. The summed E-state index contributed by atoms with van der Waals surface area (Å²) in [5.41, 5.74) is 1.99. The zero-order chi connectivity index (χ0) is 17.4. The van der Waals surface area contributed by atoms with Gasteiger partial charge in [0.2, 0.25) is 0 Å². The molecule has 0 amide bonds. The number of carboxylic acid groups (broad SMARTS) is 1. The van der Waals surface area contributed by atoms with Crippen LogP contribution in [-0.2, 0) is 4.79 Å². The summed E-state index contributed by atoms with van der Waals surface area (Å²) in [6.07, 6.45) is 1.68. The van der Waals surface area contributed by atoms with Crippen LogP contribution in [0.25, 0.3) is 22.1 Å². The van der Waals surface area contributed by atoms with Crippen LogP contribution in [0.3, 0.4) is 0 Å². The lowest BCUT2D eigenvalue weighted by atomic mass is 10.2. The SMILES string of the molecule is O=C([O-])COc1ccccc1C=c1sc2nc3ccccc3n2c1=O. The van der Waals surface area contributed by atoms with Crippen LogP contribution < -0.4 is 19.9 Å². The van der Waals surface area contributed by atoms with E-state index in [4.69, 9.17) is 4.74 Å². The number of carbonyl (C=O) groups excluding carboxylic acids is 1. The van der Waals surface area contributed by atoms with E-state index in [0.717, 1.165) is 11.0 Å². The molecule has 0 unspecified atom stereocenters. The molecule has 0 atom stereocenters. The predicted octanol–water partition coefficient (Wildman–Crippen LogP) is 0.586. The number of carbonyl (C=O) groups is 1. The van der Waals surface area contributed by atoms with Gasteiger partial charge in [0.15, 0.2) is 4.96 Å². The summed E-state index contributed by atoms with van der Waals surface area (Å²) in [6.45, 7) is -0.548. The second-order valence-electron chi connectivity index (χ2n) is 5.33. The highest BCUT2D eigenvalue weighted by Gasteiger charge is 2.11. The normalized spacial score (nSPS) is 12.1. The van der Waals surface area contributed by atoms with Gasteiger partial charge in [-0.2, -0.15) is 0 Å². The van der Waals surface area contributed by atoms with E-state index in [2.05, 4.69) is 4.98 Å². The van der Waals surface area contributed by atoms with E-state index < -0.39 is 12.6 Å². The lowest BCUT2D eigenvalue weighted by Crippen LogP contribution is -2.29. The first-order valence-electron chi connectivity index (χ1n) is 7.47. The summed E-state index contributed by atoms with van der Waals surface area (Å²) >= 11 is 1.28. The van der Waals surface area contributed by atoms with Crippen LogP contribution in [0.2, 0.25) is 0 Å². The van der Waals surface area contributed by atoms with Crippen LogP contribution in [0.4, 0.5) is 0 Å². The van der Waals surface area contributed by atoms with Crippen molar-refractivity contribution in [3.8, 4) is 5.75 Å². The smallest absolute Gasteiger partial charge is 0.274 e. The number of thiazole rings is 1. The summed E-state index contributed by atoms with van der Waals surface area (Å²) in [7, 11) is 0. The topological polar surface area (TPSA) is 83.7 Å². The third-order valence-electron chi connectivity index (χ3n) is 3.70. The maximum atomic E-state index is 12.7. The van der Waals surface area contributed by atoms with Crippen LogP contribution >= 0.6 is 11.3 Å². The van der Waals surface area contributed by atoms with Crippen molar-refractivity contribution >= 4 is 39.4 Å². The molecule has 124 valence electrons. The van der Waals surface area contributed by atoms with Gasteiger partial charge < -0.3 is 14.6 Å². The van der Waals surface area contributed by atoms with Gasteiger partial charge in [0, 0.05) is 5.56 Å². The molecule has 0 aliphatic carbocycles. The minimum Gasteiger partial charge on any atom is -0.546 e. The Morgan fingerprint density at radius 2 is 1.96 bits per heavy atom. The van der Waals surface area contributed by atoms with E-state index in [1.807, 2.05) is 24.3 Å². The molecule has 0 spiro atoms. The van der Waals surface area contributed by atoms with E-state index in [0.29, 0.717) is 20.8 Å². The van der Waals surface area contributed by atoms with Gasteiger partial charge in [-0.15, -0.1) is 0 Å². The van der Waals surface area contributed by atoms with Gasteiger partial charge in [0.25, 0.3) is 5.56 Å². The average molecular weight is 351 g/mol. The Labute approximate surface area is 145 Å². The van der Waals surface area contributed by atoms with Crippen molar-refractivity contribution in [3.05, 3.63) is 69.0 Å². The molecule has 0 bridgehead atoms. The quantitative estimate of drug-likeness (QED) is 0.537. The van der Waals surface area contributed by atoms with Crippen LogP contribution in [-0.4, -0.2) is 22.0 Å². The van der Waals surface area contributed by atoms with Crippen molar-refractivity contribution in [2.45, 2.75) is 0 Å². The number of rotatable bonds is 4. The molecule has 0 saturated carbocycles. The Balaban J connectivity index is 1.86. The zero-order valence-electron chi connectivity index (χ0n) is 12.8. The highest BCUT2D eigenvalue weighted by atomic mass is 32.1. The summed E-state index contributed by atoms with van der Waals surface area (Å²) in [5, 5.41) is 10.6. The monoisotopic (exact) mass is 351 g/mol. The van der Waals surface area contributed by atoms with Gasteiger partial charge in [0.1, 0.15) is 12.4 Å². The molecule has 4 aromatic rings. The number of aliphatic carboxylic acids is 1. The Kier molecular flexibility index (Phi) is 3.70. The van der Waals surface area contributed by atoms with Crippen molar-refractivity contribution in [1.82, 2.24) is 9.38 Å². The Morgan fingerprint density at radius 3 is 2.80 bits per heavy atom. The van der Waals surface area contributed by atoms with Crippen LogP contribution in [0.5, 0.6) is 5.75 Å². The number of fused-ring (bicyclic) bond motifs is 3. The fourth-order valence-electron chi connectivity index (χ4n) is 2.62. The number of carboxylic acids is 1. The molecule has 2 heterocycles. The first-order chi connectivity index (χ1) is 12.1. The predicted molar refractivity (Wildman–Crippen MR) is 92.6 cm³/mol. The molecule has 0 fully saturated rings. The fourth-order valence-corrected chi connectivity index (χ4v) is 3.60. The van der Waals surface area contributed by atoms with Crippen LogP contribution in [0.1, 0.15) is 5.56 Å². The summed E-state index contributed by atoms with van der Waals surface area (Å²) < 4.78 is 7.30. The number of benzene rings is 2. The van der Waals surface area contributed by atoms with Crippen molar-refractivity contribution in [1.29, 1.82) is 0 Å². The number of hydrogen-bond acceptors (Lipinski definition) is 6. The second-order valence-corrected chi connectivity index (χ2v) is 6.34. The number of imidazole rings is 1. The number of aromatic nitrogens is 2. The first-order valence-corrected chi connectivity index (χ1v) is 8.28. The highest BCUT2D eigenvalue weighted by molar-refractivity contribution is 7.15. The molecule has 0 aliphatic rings. The molecule has 25 heavy (non-hydrogen) atoms. The lowest BCUT2D eigenvalue weighted by Gasteiger charge is -2.08. The maximum absolute atomic E-state index is 12.7. The lowest BCUT2D eigenvalue weighted by molar-refractivity contribution is -0.307. The Morgan fingerprint density at radius 1 is 1.20 bits per heavy atom. The van der Waals surface area contributed by atoms with E-state index in [1.54, 1.807) is 34.7 Å². The largest absolute Gasteiger partial charge is 0.546 e. The first kappa shape index (κ1) is 15.3. The van der Waals surface area contributed by atoms with Gasteiger partial charge in [-0.25, -0.2) is 9.38 Å². The Hall–Kier alpha value is -3.19. The molecule has 6 nitrogen and oxygen atoms in total. The number of nitrogens with zero attached hydrogens (tertiary/aromatic N) is 2. The Bertz CT molecular complexity index is 1210. The molecule has 0 aliphatic heterocycles. The molecule has 7 heteroatoms. The highest BCUT2D eigenvalue weighted by Crippen LogP contribution is 2.19. The molecular weight excluding hydrogens is 340 g/mol. The molecule has 2 aromatic heterocycles. The number of ether oxygens (including phenoxy) is 1. The molecule has 0 radical (unpaired) electrons. The van der Waals surface area contributed by atoms with E-state index >= 15 is 0 Å². The summed E-state index contributed by atoms with van der Waals surface area (Å²) in [5.74, 6) is -0.928. The zero-order valence-corrected chi connectivity index (χ0v) is 13.7. The van der Waals surface area contributed by atoms with E-state index in [-0.39, 0.29) is 5.56 Å². The van der Waals surface area contributed by atoms with Crippen molar-refractivity contribution in [2.75, 3.05) is 6.61 Å². The number of hydrogen-bond donors (Lipinski definition) is 0. The average Bonchev–Trinajstić information content (AvgIpc) is 3.11.